The summed E-state index contributed by atoms with van der Waals surface area (Å²) in [6.07, 6.45) is 1.41. The molecule has 31 heavy (non-hydrogen) atoms. The lowest BCUT2D eigenvalue weighted by atomic mass is 10.1. The summed E-state index contributed by atoms with van der Waals surface area (Å²) in [5.74, 6) is 0.373. The van der Waals surface area contributed by atoms with Gasteiger partial charge in [0.05, 0.1) is 28.0 Å². The lowest BCUT2D eigenvalue weighted by Crippen LogP contribution is -2.24. The minimum Gasteiger partial charge on any atom is -0.383 e. The van der Waals surface area contributed by atoms with Crippen molar-refractivity contribution in [1.82, 2.24) is 24.3 Å². The van der Waals surface area contributed by atoms with E-state index in [9.17, 15) is 4.79 Å². The molecule has 0 atom stereocenters. The number of halogens is 2. The molecule has 5 aromatic rings. The van der Waals surface area contributed by atoms with E-state index in [0.29, 0.717) is 43.2 Å². The third kappa shape index (κ3) is 3.26. The second kappa shape index (κ2) is 7.61. The first-order valence-corrected chi connectivity index (χ1v) is 10.9. The molecule has 2 aromatic carbocycles. The van der Waals surface area contributed by atoms with Crippen LogP contribution in [0.2, 0.25) is 5.02 Å². The normalized spacial score (nSPS) is 11.5. The van der Waals surface area contributed by atoms with Gasteiger partial charge in [0, 0.05) is 5.69 Å². The highest BCUT2D eigenvalue weighted by Gasteiger charge is 2.18. The van der Waals surface area contributed by atoms with Crippen molar-refractivity contribution in [2.24, 2.45) is 0 Å². The zero-order valence-corrected chi connectivity index (χ0v) is 19.3. The molecule has 9 heteroatoms. The fourth-order valence-corrected chi connectivity index (χ4v) is 4.85. The monoisotopic (exact) mass is 542 g/mol. The largest absolute Gasteiger partial charge is 0.383 e. The molecule has 0 spiro atoms. The Balaban J connectivity index is 1.82. The van der Waals surface area contributed by atoms with Crippen LogP contribution in [0, 0.1) is 10.6 Å². The summed E-state index contributed by atoms with van der Waals surface area (Å²) in [4.78, 5) is 22.1. The summed E-state index contributed by atoms with van der Waals surface area (Å²) >= 11 is 8.61. The molecule has 0 aliphatic rings. The first-order valence-electron chi connectivity index (χ1n) is 9.47. The smallest absolute Gasteiger partial charge is 0.263 e. The number of rotatable bonds is 3. The van der Waals surface area contributed by atoms with Crippen LogP contribution in [0.15, 0.2) is 59.7 Å². The molecule has 2 N–H and O–H groups in total. The Hall–Kier alpha value is -2.98. The number of nitrogens with two attached hydrogens (primary N) is 1. The predicted molar refractivity (Wildman–Crippen MR) is 131 cm³/mol. The Bertz CT molecular complexity index is 1540. The highest BCUT2D eigenvalue weighted by Crippen LogP contribution is 2.26. The van der Waals surface area contributed by atoms with Crippen LogP contribution in [0.1, 0.15) is 11.3 Å². The van der Waals surface area contributed by atoms with Gasteiger partial charge < -0.3 is 5.73 Å². The Morgan fingerprint density at radius 3 is 2.71 bits per heavy atom. The summed E-state index contributed by atoms with van der Waals surface area (Å²) in [6.45, 7) is 2.24. The summed E-state index contributed by atoms with van der Waals surface area (Å²) < 4.78 is 4.09. The molecular weight excluding hydrogens is 527 g/mol. The molecule has 3 aromatic heterocycles. The molecule has 0 fully saturated rings. The minimum absolute atomic E-state index is 0.126. The van der Waals surface area contributed by atoms with Crippen molar-refractivity contribution in [1.29, 1.82) is 0 Å². The molecule has 0 aliphatic carbocycles. The van der Waals surface area contributed by atoms with Gasteiger partial charge in [0.1, 0.15) is 15.8 Å². The Morgan fingerprint density at radius 1 is 1.10 bits per heavy atom. The maximum atomic E-state index is 13.7. The summed E-state index contributed by atoms with van der Waals surface area (Å²) in [5.41, 5.74) is 8.78. The van der Waals surface area contributed by atoms with Gasteiger partial charge in [0.25, 0.3) is 5.56 Å². The molecule has 3 heterocycles. The molecule has 0 saturated carbocycles. The summed E-state index contributed by atoms with van der Waals surface area (Å²) in [7, 11) is 0. The second-order valence-electron chi connectivity index (χ2n) is 7.17. The number of fused-ring (bicyclic) bond motifs is 2. The van der Waals surface area contributed by atoms with Gasteiger partial charge in [-0.05, 0) is 58.7 Å². The summed E-state index contributed by atoms with van der Waals surface area (Å²) in [5, 5.41) is 7.32. The van der Waals surface area contributed by atoms with E-state index in [1.807, 2.05) is 49.4 Å². The van der Waals surface area contributed by atoms with Crippen molar-refractivity contribution in [3.8, 4) is 5.69 Å². The van der Waals surface area contributed by atoms with Crippen molar-refractivity contribution in [3.05, 3.63) is 85.2 Å². The minimum atomic E-state index is -0.126. The van der Waals surface area contributed by atoms with Crippen LogP contribution in [0.4, 0.5) is 5.82 Å². The second-order valence-corrected chi connectivity index (χ2v) is 8.60. The number of benzene rings is 2. The highest BCUT2D eigenvalue weighted by atomic mass is 127. The zero-order chi connectivity index (χ0) is 21.7. The van der Waals surface area contributed by atoms with Crippen molar-refractivity contribution in [2.45, 2.75) is 13.5 Å². The van der Waals surface area contributed by atoms with E-state index in [2.05, 4.69) is 37.7 Å². The number of nitrogen functional groups attached to an aromatic ring is 1. The van der Waals surface area contributed by atoms with Crippen LogP contribution in [-0.2, 0) is 6.54 Å². The first kappa shape index (κ1) is 20.0. The van der Waals surface area contributed by atoms with Crippen molar-refractivity contribution < 1.29 is 0 Å². The molecule has 0 saturated heterocycles. The fraction of sp³-hybridized carbons (Fsp3) is 0.0909. The number of nitrogens with zero attached hydrogens (tertiary/aromatic N) is 5. The number of hydrogen-bond acceptors (Lipinski definition) is 5. The molecule has 0 bridgehead atoms. The van der Waals surface area contributed by atoms with Gasteiger partial charge in [-0.1, -0.05) is 41.9 Å². The number of pyridine rings is 1. The average Bonchev–Trinajstić information content (AvgIpc) is 3.05. The van der Waals surface area contributed by atoms with E-state index in [0.717, 1.165) is 16.6 Å². The van der Waals surface area contributed by atoms with Crippen LogP contribution in [0.5, 0.6) is 0 Å². The zero-order valence-electron chi connectivity index (χ0n) is 16.4. The van der Waals surface area contributed by atoms with Crippen LogP contribution < -0.4 is 11.3 Å². The van der Waals surface area contributed by atoms with Crippen molar-refractivity contribution >= 4 is 61.8 Å². The maximum absolute atomic E-state index is 13.7. The number of para-hydroxylation sites is 1. The molecule has 7 nitrogen and oxygen atoms in total. The molecular formula is C22H16ClIN6O. The van der Waals surface area contributed by atoms with Crippen LogP contribution >= 0.6 is 34.2 Å². The number of aromatic nitrogens is 5. The topological polar surface area (TPSA) is 91.6 Å². The molecule has 154 valence electrons. The van der Waals surface area contributed by atoms with E-state index in [-0.39, 0.29) is 5.56 Å². The molecule has 0 radical (unpaired) electrons. The van der Waals surface area contributed by atoms with Gasteiger partial charge in [-0.2, -0.15) is 5.10 Å². The standard InChI is InChI=1S/C22H16ClIN6O/c1-12-5-4-6-13-9-14(10-29-21-18(19(24)28-29)20(25)26-11-27-21)30(22(31)17(12)13)16-8-3-2-7-15(16)23/h2-9,11H,10H2,1H3,(H2,25,26,27). The third-order valence-corrected chi connectivity index (χ3v) is 6.33. The van der Waals surface area contributed by atoms with E-state index in [1.54, 1.807) is 15.3 Å². The van der Waals surface area contributed by atoms with Crippen LogP contribution in [-0.4, -0.2) is 24.3 Å². The fourth-order valence-electron chi connectivity index (χ4n) is 3.85. The average molecular weight is 543 g/mol. The Labute approximate surface area is 195 Å². The Morgan fingerprint density at radius 2 is 1.90 bits per heavy atom. The van der Waals surface area contributed by atoms with E-state index >= 15 is 0 Å². The van der Waals surface area contributed by atoms with Gasteiger partial charge in [-0.3, -0.25) is 9.36 Å². The molecule has 0 aliphatic heterocycles. The quantitative estimate of drug-likeness (QED) is 0.343. The molecule has 0 amide bonds. The Kier molecular flexibility index (Phi) is 4.90. The van der Waals surface area contributed by atoms with Gasteiger partial charge in [0.2, 0.25) is 0 Å². The maximum Gasteiger partial charge on any atom is 0.263 e. The molecule has 5 rings (SSSR count). The van der Waals surface area contributed by atoms with E-state index < -0.39 is 0 Å². The van der Waals surface area contributed by atoms with Gasteiger partial charge in [-0.25, -0.2) is 14.6 Å². The third-order valence-electron chi connectivity index (χ3n) is 5.25. The lowest BCUT2D eigenvalue weighted by molar-refractivity contribution is 0.665. The van der Waals surface area contributed by atoms with Crippen LogP contribution in [0.25, 0.3) is 27.5 Å². The van der Waals surface area contributed by atoms with E-state index in [1.165, 1.54) is 6.33 Å². The predicted octanol–water partition coefficient (Wildman–Crippen LogP) is 4.33. The number of anilines is 1. The number of hydrogen-bond donors (Lipinski definition) is 1. The lowest BCUT2D eigenvalue weighted by Gasteiger charge is -2.17. The van der Waals surface area contributed by atoms with Crippen LogP contribution in [0.3, 0.4) is 0 Å². The van der Waals surface area contributed by atoms with E-state index in [4.69, 9.17) is 17.3 Å². The van der Waals surface area contributed by atoms with Gasteiger partial charge in [-0.15, -0.1) is 0 Å². The summed E-state index contributed by atoms with van der Waals surface area (Å²) in [6, 6.07) is 15.1. The first-order chi connectivity index (χ1) is 15.0. The van der Waals surface area contributed by atoms with Gasteiger partial charge in [0.15, 0.2) is 5.65 Å². The highest BCUT2D eigenvalue weighted by molar-refractivity contribution is 14.1. The van der Waals surface area contributed by atoms with Crippen molar-refractivity contribution in [2.75, 3.05) is 5.73 Å². The SMILES string of the molecule is Cc1cccc2cc(Cn3nc(I)c4c(N)ncnc43)n(-c3ccccc3Cl)c(=O)c12. The molecule has 0 unspecified atom stereocenters. The van der Waals surface area contributed by atoms with Gasteiger partial charge >= 0.3 is 0 Å². The van der Waals surface area contributed by atoms with Crippen molar-refractivity contribution in [3.63, 3.8) is 0 Å². The number of aryl methyl sites for hydroxylation is 1.